The van der Waals surface area contributed by atoms with Crippen LogP contribution in [0.15, 0.2) is 65.1 Å². The number of imide groups is 1. The lowest BCUT2D eigenvalue weighted by atomic mass is 10.2. The fourth-order valence-electron chi connectivity index (χ4n) is 3.29. The number of amides is 3. The smallest absolute Gasteiger partial charge is 0.329 e. The predicted molar refractivity (Wildman–Crippen MR) is 111 cm³/mol. The van der Waals surface area contributed by atoms with E-state index in [1.54, 1.807) is 24.3 Å². The number of urea groups is 1. The van der Waals surface area contributed by atoms with Crippen LogP contribution in [0.25, 0.3) is 11.8 Å². The minimum absolute atomic E-state index is 0.0192. The van der Waals surface area contributed by atoms with Crippen LogP contribution >= 0.6 is 0 Å². The van der Waals surface area contributed by atoms with Gasteiger partial charge < -0.3 is 10.1 Å². The van der Waals surface area contributed by atoms with E-state index in [0.29, 0.717) is 16.9 Å². The summed E-state index contributed by atoms with van der Waals surface area (Å²) < 4.78 is 19.6. The van der Waals surface area contributed by atoms with Crippen LogP contribution in [0.1, 0.15) is 16.8 Å². The molecule has 3 aromatic rings. The third-order valence-corrected chi connectivity index (χ3v) is 4.81. The van der Waals surface area contributed by atoms with Crippen molar-refractivity contribution < 1.29 is 18.7 Å². The van der Waals surface area contributed by atoms with E-state index in [1.165, 1.54) is 42.1 Å². The number of ether oxygens (including phenoxy) is 1. The zero-order valence-electron chi connectivity index (χ0n) is 16.6. The first-order valence-corrected chi connectivity index (χ1v) is 9.45. The molecule has 2 aromatic carbocycles. The number of halogens is 1. The van der Waals surface area contributed by atoms with E-state index in [-0.39, 0.29) is 30.0 Å². The van der Waals surface area contributed by atoms with Crippen molar-refractivity contribution in [2.75, 3.05) is 7.11 Å². The first kappa shape index (κ1) is 20.3. The molecule has 1 aliphatic rings. The van der Waals surface area contributed by atoms with Gasteiger partial charge in [-0.15, -0.1) is 0 Å². The second-order valence-corrected chi connectivity index (χ2v) is 6.92. The van der Waals surface area contributed by atoms with Crippen LogP contribution in [-0.2, 0) is 22.7 Å². The number of para-hydroxylation sites is 1. The van der Waals surface area contributed by atoms with Gasteiger partial charge >= 0.3 is 6.03 Å². The third-order valence-electron chi connectivity index (χ3n) is 4.81. The number of aromatic nitrogens is 2. The summed E-state index contributed by atoms with van der Waals surface area (Å²) in [6.07, 6.45) is 1.34. The van der Waals surface area contributed by atoms with Crippen molar-refractivity contribution in [3.8, 4) is 5.69 Å². The molecule has 0 bridgehead atoms. The number of rotatable bonds is 6. The van der Waals surface area contributed by atoms with E-state index < -0.39 is 17.8 Å². The first-order valence-electron chi connectivity index (χ1n) is 9.45. The summed E-state index contributed by atoms with van der Waals surface area (Å²) in [5, 5.41) is 5.49. The largest absolute Gasteiger partial charge is 0.378 e. The SMILES string of the molecule is COCc1[nH]n(-c2ccccc2)c(=O)c1/C=C1\NC(=O)N(Cc2ccc(F)cc2)C1=O. The molecular weight excluding hydrogens is 403 g/mol. The average molecular weight is 422 g/mol. The average Bonchev–Trinajstić information content (AvgIpc) is 3.22. The number of nitrogens with one attached hydrogen (secondary N) is 2. The molecule has 0 spiro atoms. The summed E-state index contributed by atoms with van der Waals surface area (Å²) in [7, 11) is 1.49. The lowest BCUT2D eigenvalue weighted by molar-refractivity contribution is -0.123. The molecule has 158 valence electrons. The highest BCUT2D eigenvalue weighted by atomic mass is 19.1. The third kappa shape index (κ3) is 4.03. The highest BCUT2D eigenvalue weighted by Gasteiger charge is 2.34. The fraction of sp³-hybridized carbons (Fsp3) is 0.136. The molecule has 0 aliphatic carbocycles. The fourth-order valence-corrected chi connectivity index (χ4v) is 3.29. The Morgan fingerprint density at radius 1 is 1.03 bits per heavy atom. The second-order valence-electron chi connectivity index (χ2n) is 6.92. The molecule has 31 heavy (non-hydrogen) atoms. The minimum Gasteiger partial charge on any atom is -0.378 e. The van der Waals surface area contributed by atoms with Gasteiger partial charge in [0.25, 0.3) is 11.5 Å². The molecule has 1 aromatic heterocycles. The van der Waals surface area contributed by atoms with Crippen molar-refractivity contribution >= 4 is 18.0 Å². The van der Waals surface area contributed by atoms with Crippen molar-refractivity contribution in [3.05, 3.63) is 93.3 Å². The normalized spacial score (nSPS) is 15.0. The van der Waals surface area contributed by atoms with Gasteiger partial charge in [-0.3, -0.25) is 19.6 Å². The van der Waals surface area contributed by atoms with Crippen LogP contribution in [0.5, 0.6) is 0 Å². The number of carbonyl (C=O) groups is 2. The lowest BCUT2D eigenvalue weighted by Gasteiger charge is -2.11. The maximum absolute atomic E-state index is 13.1. The zero-order valence-corrected chi connectivity index (χ0v) is 16.6. The molecule has 0 atom stereocenters. The zero-order chi connectivity index (χ0) is 22.0. The number of hydrogen-bond acceptors (Lipinski definition) is 4. The van der Waals surface area contributed by atoms with Gasteiger partial charge in [0.05, 0.1) is 30.1 Å². The monoisotopic (exact) mass is 422 g/mol. The number of benzene rings is 2. The Bertz CT molecular complexity index is 1210. The topological polar surface area (TPSA) is 96.4 Å². The van der Waals surface area contributed by atoms with Gasteiger partial charge in [-0.2, -0.15) is 0 Å². The van der Waals surface area contributed by atoms with Crippen LogP contribution in [0.4, 0.5) is 9.18 Å². The van der Waals surface area contributed by atoms with Gasteiger partial charge in [0.15, 0.2) is 0 Å². The van der Waals surface area contributed by atoms with Gasteiger partial charge in [0.1, 0.15) is 11.5 Å². The number of carbonyl (C=O) groups excluding carboxylic acids is 2. The van der Waals surface area contributed by atoms with Crippen LogP contribution in [0.3, 0.4) is 0 Å². The molecule has 4 rings (SSSR count). The van der Waals surface area contributed by atoms with Crippen molar-refractivity contribution in [1.29, 1.82) is 0 Å². The van der Waals surface area contributed by atoms with E-state index in [0.717, 1.165) is 4.90 Å². The second kappa shape index (κ2) is 8.41. The Morgan fingerprint density at radius 2 is 1.74 bits per heavy atom. The first-order chi connectivity index (χ1) is 15.0. The molecule has 1 aliphatic heterocycles. The van der Waals surface area contributed by atoms with Crippen molar-refractivity contribution in [2.24, 2.45) is 0 Å². The lowest BCUT2D eigenvalue weighted by Crippen LogP contribution is -2.30. The summed E-state index contributed by atoms with van der Waals surface area (Å²) in [4.78, 5) is 39.1. The van der Waals surface area contributed by atoms with Gasteiger partial charge in [-0.1, -0.05) is 30.3 Å². The molecule has 1 saturated heterocycles. The molecule has 2 heterocycles. The van der Waals surface area contributed by atoms with Crippen LogP contribution < -0.4 is 10.9 Å². The highest BCUT2D eigenvalue weighted by molar-refractivity contribution is 6.13. The van der Waals surface area contributed by atoms with Crippen molar-refractivity contribution in [2.45, 2.75) is 13.2 Å². The Morgan fingerprint density at radius 3 is 2.42 bits per heavy atom. The summed E-state index contributed by atoms with van der Waals surface area (Å²) >= 11 is 0. The molecule has 3 amide bonds. The molecule has 0 saturated carbocycles. The van der Waals surface area contributed by atoms with Gasteiger partial charge in [-0.25, -0.2) is 13.9 Å². The molecule has 9 heteroatoms. The molecule has 8 nitrogen and oxygen atoms in total. The molecule has 1 fully saturated rings. The minimum atomic E-state index is -0.618. The van der Waals surface area contributed by atoms with Crippen LogP contribution in [0.2, 0.25) is 0 Å². The van der Waals surface area contributed by atoms with E-state index in [9.17, 15) is 18.8 Å². The Labute approximate surface area is 176 Å². The number of H-pyrrole nitrogens is 1. The molecule has 0 radical (unpaired) electrons. The summed E-state index contributed by atoms with van der Waals surface area (Å²) in [5.41, 5.74) is 1.47. The summed E-state index contributed by atoms with van der Waals surface area (Å²) in [6, 6.07) is 13.8. The Hall–Kier alpha value is -3.98. The summed E-state index contributed by atoms with van der Waals surface area (Å²) in [6.45, 7) is 0.0875. The van der Waals surface area contributed by atoms with E-state index in [1.807, 2.05) is 6.07 Å². The maximum atomic E-state index is 13.1. The predicted octanol–water partition coefficient (Wildman–Crippen LogP) is 2.54. The van der Waals surface area contributed by atoms with Crippen molar-refractivity contribution in [1.82, 2.24) is 20.0 Å². The van der Waals surface area contributed by atoms with Gasteiger partial charge in [-0.05, 0) is 35.9 Å². The number of methoxy groups -OCH3 is 1. The van der Waals surface area contributed by atoms with Crippen LogP contribution in [0, 0.1) is 5.82 Å². The van der Waals surface area contributed by atoms with E-state index >= 15 is 0 Å². The molecular formula is C22H19FN4O4. The number of aromatic amines is 1. The number of nitrogens with zero attached hydrogens (tertiary/aromatic N) is 2. The quantitative estimate of drug-likeness (QED) is 0.471. The standard InChI is InChI=1S/C22H19FN4O4/c1-31-13-19-17(20(28)27(25-19)16-5-3-2-4-6-16)11-18-21(29)26(22(30)24-18)12-14-7-9-15(23)10-8-14/h2-11,25H,12-13H2,1H3,(H,24,30)/b18-11-. The molecule has 2 N–H and O–H groups in total. The highest BCUT2D eigenvalue weighted by Crippen LogP contribution is 2.18. The van der Waals surface area contributed by atoms with Gasteiger partial charge in [0, 0.05) is 7.11 Å². The van der Waals surface area contributed by atoms with Crippen LogP contribution in [-0.4, -0.2) is 33.7 Å². The Kier molecular flexibility index (Phi) is 5.50. The summed E-state index contributed by atoms with van der Waals surface area (Å²) in [5.74, 6) is -0.987. The number of hydrogen-bond donors (Lipinski definition) is 2. The van der Waals surface area contributed by atoms with Gasteiger partial charge in [0.2, 0.25) is 0 Å². The van der Waals surface area contributed by atoms with E-state index in [4.69, 9.17) is 4.74 Å². The molecule has 0 unspecified atom stereocenters. The Balaban J connectivity index is 1.67. The maximum Gasteiger partial charge on any atom is 0.329 e. The van der Waals surface area contributed by atoms with Crippen molar-refractivity contribution in [3.63, 3.8) is 0 Å². The van der Waals surface area contributed by atoms with E-state index in [2.05, 4.69) is 10.4 Å².